The van der Waals surface area contributed by atoms with Gasteiger partial charge in [-0.1, -0.05) is 6.42 Å². The Morgan fingerprint density at radius 3 is 2.75 bits per heavy atom. The minimum Gasteiger partial charge on any atom is -0.387 e. The molecule has 4 atom stereocenters. The van der Waals surface area contributed by atoms with Crippen LogP contribution in [-0.4, -0.2) is 5.11 Å². The Hall–Kier alpha value is 0.140. The highest BCUT2D eigenvalue weighted by Gasteiger charge is 2.43. The van der Waals surface area contributed by atoms with Crippen LogP contribution in [0.1, 0.15) is 41.5 Å². The van der Waals surface area contributed by atoms with Gasteiger partial charge in [0.1, 0.15) is 0 Å². The van der Waals surface area contributed by atoms with Gasteiger partial charge in [0.05, 0.1) is 6.10 Å². The molecule has 0 aromatic carbocycles. The molecule has 2 aliphatic carbocycles. The highest BCUT2D eigenvalue weighted by atomic mass is 79.9. The molecule has 1 aromatic heterocycles. The molecule has 4 unspecified atom stereocenters. The molecule has 0 saturated heterocycles. The fourth-order valence-electron chi connectivity index (χ4n) is 3.52. The van der Waals surface area contributed by atoms with Crippen LogP contribution in [-0.2, 0) is 0 Å². The molecule has 0 spiro atoms. The summed E-state index contributed by atoms with van der Waals surface area (Å²) < 4.78 is 1.15. The van der Waals surface area contributed by atoms with Gasteiger partial charge in [-0.05, 0) is 65.9 Å². The Labute approximate surface area is 109 Å². The van der Waals surface area contributed by atoms with Gasteiger partial charge in [-0.25, -0.2) is 0 Å². The van der Waals surface area contributed by atoms with Crippen molar-refractivity contribution in [3.63, 3.8) is 0 Å². The standard InChI is InChI=1S/C13H17BrOS/c1-7-11(14)6-12(16-7)13(15)10-5-8-2-3-9(10)4-8/h6,8-10,13,15H,2-5H2,1H3. The summed E-state index contributed by atoms with van der Waals surface area (Å²) in [6, 6.07) is 2.11. The molecule has 2 aliphatic rings. The smallest absolute Gasteiger partial charge is 0.0913 e. The first-order valence-electron chi connectivity index (χ1n) is 6.09. The van der Waals surface area contributed by atoms with Gasteiger partial charge in [0.2, 0.25) is 0 Å². The maximum atomic E-state index is 10.5. The van der Waals surface area contributed by atoms with E-state index in [0.717, 1.165) is 21.2 Å². The van der Waals surface area contributed by atoms with E-state index < -0.39 is 0 Å². The number of hydrogen-bond acceptors (Lipinski definition) is 2. The van der Waals surface area contributed by atoms with Crippen LogP contribution in [0.25, 0.3) is 0 Å². The third-order valence-corrected chi connectivity index (χ3v) is 6.57. The fraction of sp³-hybridized carbons (Fsp3) is 0.692. The molecular formula is C13H17BrOS. The van der Waals surface area contributed by atoms with Crippen LogP contribution in [0.3, 0.4) is 0 Å². The van der Waals surface area contributed by atoms with Gasteiger partial charge in [-0.3, -0.25) is 0 Å². The number of fused-ring (bicyclic) bond motifs is 2. The summed E-state index contributed by atoms with van der Waals surface area (Å²) in [5.41, 5.74) is 0. The Morgan fingerprint density at radius 1 is 1.44 bits per heavy atom. The summed E-state index contributed by atoms with van der Waals surface area (Å²) >= 11 is 5.27. The predicted octanol–water partition coefficient (Wildman–Crippen LogP) is 4.29. The van der Waals surface area contributed by atoms with Gasteiger partial charge >= 0.3 is 0 Å². The van der Waals surface area contributed by atoms with Crippen molar-refractivity contribution in [1.82, 2.24) is 0 Å². The number of thiophene rings is 1. The Balaban J connectivity index is 1.80. The van der Waals surface area contributed by atoms with Crippen molar-refractivity contribution in [2.75, 3.05) is 0 Å². The molecule has 3 rings (SSSR count). The van der Waals surface area contributed by atoms with E-state index in [9.17, 15) is 5.11 Å². The van der Waals surface area contributed by atoms with Crippen molar-refractivity contribution in [3.05, 3.63) is 20.3 Å². The molecule has 1 heterocycles. The van der Waals surface area contributed by atoms with E-state index in [1.165, 1.54) is 30.6 Å². The molecule has 0 radical (unpaired) electrons. The fourth-order valence-corrected chi connectivity index (χ4v) is 5.14. The zero-order valence-corrected chi connectivity index (χ0v) is 11.9. The summed E-state index contributed by atoms with van der Waals surface area (Å²) in [6.45, 7) is 2.10. The third kappa shape index (κ3) is 1.77. The molecule has 1 aromatic rings. The Morgan fingerprint density at radius 2 is 2.25 bits per heavy atom. The SMILES string of the molecule is Cc1sc(C(O)C2CC3CCC2C3)cc1Br. The van der Waals surface area contributed by atoms with Crippen molar-refractivity contribution in [2.45, 2.75) is 38.7 Å². The Kier molecular flexibility index (Phi) is 2.89. The summed E-state index contributed by atoms with van der Waals surface area (Å²) in [5, 5.41) is 10.5. The van der Waals surface area contributed by atoms with Gasteiger partial charge in [-0.2, -0.15) is 0 Å². The van der Waals surface area contributed by atoms with E-state index in [1.807, 2.05) is 0 Å². The maximum absolute atomic E-state index is 10.5. The molecule has 0 amide bonds. The number of aryl methyl sites for hydroxylation is 1. The lowest BCUT2D eigenvalue weighted by Crippen LogP contribution is -2.18. The molecule has 16 heavy (non-hydrogen) atoms. The van der Waals surface area contributed by atoms with Crippen LogP contribution >= 0.6 is 27.3 Å². The summed E-state index contributed by atoms with van der Waals surface area (Å²) in [4.78, 5) is 2.43. The second-order valence-electron chi connectivity index (χ2n) is 5.34. The molecule has 3 heteroatoms. The second-order valence-corrected chi connectivity index (χ2v) is 7.48. The Bertz CT molecular complexity index is 381. The summed E-state index contributed by atoms with van der Waals surface area (Å²) in [5.74, 6) is 2.24. The number of aliphatic hydroxyl groups is 1. The van der Waals surface area contributed by atoms with Crippen molar-refractivity contribution in [1.29, 1.82) is 0 Å². The van der Waals surface area contributed by atoms with Gasteiger partial charge in [0, 0.05) is 14.2 Å². The van der Waals surface area contributed by atoms with Crippen LogP contribution in [0.5, 0.6) is 0 Å². The molecule has 2 bridgehead atoms. The summed E-state index contributed by atoms with van der Waals surface area (Å²) in [7, 11) is 0. The topological polar surface area (TPSA) is 20.2 Å². The first-order chi connectivity index (χ1) is 7.65. The lowest BCUT2D eigenvalue weighted by molar-refractivity contribution is 0.0774. The van der Waals surface area contributed by atoms with Crippen molar-refractivity contribution < 1.29 is 5.11 Å². The van der Waals surface area contributed by atoms with Crippen molar-refractivity contribution in [2.24, 2.45) is 17.8 Å². The van der Waals surface area contributed by atoms with Crippen LogP contribution < -0.4 is 0 Å². The van der Waals surface area contributed by atoms with Crippen molar-refractivity contribution >= 4 is 27.3 Å². The number of rotatable bonds is 2. The molecule has 0 aliphatic heterocycles. The molecule has 1 nitrogen and oxygen atoms in total. The van der Waals surface area contributed by atoms with E-state index in [-0.39, 0.29) is 6.10 Å². The normalized spacial score (nSPS) is 34.6. The van der Waals surface area contributed by atoms with E-state index in [0.29, 0.717) is 5.92 Å². The maximum Gasteiger partial charge on any atom is 0.0913 e. The quantitative estimate of drug-likeness (QED) is 0.864. The van der Waals surface area contributed by atoms with E-state index in [1.54, 1.807) is 11.3 Å². The molecule has 2 fully saturated rings. The summed E-state index contributed by atoms with van der Waals surface area (Å²) in [6.07, 6.45) is 5.15. The van der Waals surface area contributed by atoms with E-state index in [4.69, 9.17) is 0 Å². The first-order valence-corrected chi connectivity index (χ1v) is 7.70. The van der Waals surface area contributed by atoms with Gasteiger partial charge < -0.3 is 5.11 Å². The van der Waals surface area contributed by atoms with Crippen LogP contribution in [0.15, 0.2) is 10.5 Å². The average molecular weight is 301 g/mol. The number of aliphatic hydroxyl groups excluding tert-OH is 1. The molecule has 88 valence electrons. The first kappa shape index (κ1) is 11.2. The largest absolute Gasteiger partial charge is 0.387 e. The highest BCUT2D eigenvalue weighted by Crippen LogP contribution is 2.53. The molecular weight excluding hydrogens is 284 g/mol. The van der Waals surface area contributed by atoms with E-state index >= 15 is 0 Å². The molecule has 1 N–H and O–H groups in total. The monoisotopic (exact) mass is 300 g/mol. The average Bonchev–Trinajstić information content (AvgIpc) is 2.94. The third-order valence-electron chi connectivity index (χ3n) is 4.37. The van der Waals surface area contributed by atoms with Gasteiger partial charge in [0.15, 0.2) is 0 Å². The van der Waals surface area contributed by atoms with Gasteiger partial charge in [0.25, 0.3) is 0 Å². The van der Waals surface area contributed by atoms with Gasteiger partial charge in [-0.15, -0.1) is 11.3 Å². The predicted molar refractivity (Wildman–Crippen MR) is 70.7 cm³/mol. The zero-order valence-electron chi connectivity index (χ0n) is 9.45. The van der Waals surface area contributed by atoms with Crippen molar-refractivity contribution in [3.8, 4) is 0 Å². The minimum atomic E-state index is -0.217. The second kappa shape index (κ2) is 4.11. The minimum absolute atomic E-state index is 0.217. The lowest BCUT2D eigenvalue weighted by Gasteiger charge is -2.26. The van der Waals surface area contributed by atoms with Crippen LogP contribution in [0, 0.1) is 24.7 Å². The van der Waals surface area contributed by atoms with E-state index in [2.05, 4.69) is 28.9 Å². The highest BCUT2D eigenvalue weighted by molar-refractivity contribution is 9.10. The lowest BCUT2D eigenvalue weighted by atomic mass is 9.84. The number of hydrogen-bond donors (Lipinski definition) is 1. The van der Waals surface area contributed by atoms with Crippen LogP contribution in [0.2, 0.25) is 0 Å². The zero-order chi connectivity index (χ0) is 11.3. The van der Waals surface area contributed by atoms with Crippen LogP contribution in [0.4, 0.5) is 0 Å². The number of halogens is 1. The molecule has 2 saturated carbocycles.